The summed E-state index contributed by atoms with van der Waals surface area (Å²) in [6.45, 7) is 3.81. The number of sulfone groups is 1. The number of para-hydroxylation sites is 1. The van der Waals surface area contributed by atoms with Crippen molar-refractivity contribution in [3.63, 3.8) is 0 Å². The fourth-order valence-electron chi connectivity index (χ4n) is 3.32. The molecule has 0 aliphatic rings. The van der Waals surface area contributed by atoms with Crippen LogP contribution in [0.4, 0.5) is 15.8 Å². The zero-order chi connectivity index (χ0) is 24.0. The van der Waals surface area contributed by atoms with Gasteiger partial charge in [-0.05, 0) is 55.0 Å². The second kappa shape index (κ2) is 10.4. The summed E-state index contributed by atoms with van der Waals surface area (Å²) in [5.74, 6) is -1.53. The molecule has 0 aromatic heterocycles. The first kappa shape index (κ1) is 24.1. The SMILES string of the molecule is CCN(C(=O)c1ccc(NC(=O)Cc2ccc(S(=O)(=O)CC)cc2)c(F)c1)c1ccccc1. The molecule has 3 aromatic rings. The Morgan fingerprint density at radius 3 is 2.18 bits per heavy atom. The Hall–Kier alpha value is -3.52. The van der Waals surface area contributed by atoms with Crippen molar-refractivity contribution in [1.82, 2.24) is 0 Å². The van der Waals surface area contributed by atoms with E-state index in [0.717, 1.165) is 6.07 Å². The number of benzene rings is 3. The van der Waals surface area contributed by atoms with Gasteiger partial charge in [-0.1, -0.05) is 37.3 Å². The summed E-state index contributed by atoms with van der Waals surface area (Å²) < 4.78 is 38.4. The first-order valence-corrected chi connectivity index (χ1v) is 12.2. The van der Waals surface area contributed by atoms with Crippen LogP contribution in [0.25, 0.3) is 0 Å². The van der Waals surface area contributed by atoms with Crippen LogP contribution >= 0.6 is 0 Å². The van der Waals surface area contributed by atoms with Gasteiger partial charge < -0.3 is 10.2 Å². The van der Waals surface area contributed by atoms with Crippen LogP contribution < -0.4 is 10.2 Å². The van der Waals surface area contributed by atoms with E-state index in [1.807, 2.05) is 25.1 Å². The number of hydrogen-bond acceptors (Lipinski definition) is 4. The highest BCUT2D eigenvalue weighted by atomic mass is 32.2. The molecule has 172 valence electrons. The molecule has 33 heavy (non-hydrogen) atoms. The smallest absolute Gasteiger partial charge is 0.258 e. The van der Waals surface area contributed by atoms with Gasteiger partial charge in [0.05, 0.1) is 22.8 Å². The van der Waals surface area contributed by atoms with Crippen LogP contribution in [0.2, 0.25) is 0 Å². The van der Waals surface area contributed by atoms with Gasteiger partial charge in [0.25, 0.3) is 5.91 Å². The van der Waals surface area contributed by atoms with Crippen LogP contribution in [-0.2, 0) is 21.1 Å². The van der Waals surface area contributed by atoms with Gasteiger partial charge in [-0.25, -0.2) is 12.8 Å². The van der Waals surface area contributed by atoms with Crippen molar-refractivity contribution < 1.29 is 22.4 Å². The number of carbonyl (C=O) groups excluding carboxylic acids is 2. The second-order valence-corrected chi connectivity index (χ2v) is 9.63. The maximum absolute atomic E-state index is 14.7. The largest absolute Gasteiger partial charge is 0.323 e. The molecule has 1 N–H and O–H groups in total. The lowest BCUT2D eigenvalue weighted by Gasteiger charge is -2.21. The first-order valence-electron chi connectivity index (χ1n) is 10.5. The molecule has 3 aromatic carbocycles. The van der Waals surface area contributed by atoms with Gasteiger partial charge in [0.1, 0.15) is 5.82 Å². The summed E-state index contributed by atoms with van der Waals surface area (Å²) >= 11 is 0. The fourth-order valence-corrected chi connectivity index (χ4v) is 4.20. The third-order valence-corrected chi connectivity index (χ3v) is 6.90. The van der Waals surface area contributed by atoms with E-state index >= 15 is 0 Å². The predicted octanol–water partition coefficient (Wildman–Crippen LogP) is 4.47. The second-order valence-electron chi connectivity index (χ2n) is 7.35. The average molecular weight is 469 g/mol. The van der Waals surface area contributed by atoms with E-state index in [0.29, 0.717) is 17.8 Å². The van der Waals surface area contributed by atoms with Crippen molar-refractivity contribution in [1.29, 1.82) is 0 Å². The summed E-state index contributed by atoms with van der Waals surface area (Å²) in [5, 5.41) is 2.50. The summed E-state index contributed by atoms with van der Waals surface area (Å²) in [5.41, 5.74) is 1.44. The molecular formula is C25H25FN2O4S. The number of halogens is 1. The number of anilines is 2. The quantitative estimate of drug-likeness (QED) is 0.529. The Morgan fingerprint density at radius 1 is 0.939 bits per heavy atom. The molecule has 0 aliphatic carbocycles. The third kappa shape index (κ3) is 5.84. The summed E-state index contributed by atoms with van der Waals surface area (Å²) in [7, 11) is -3.32. The van der Waals surface area contributed by atoms with E-state index in [9.17, 15) is 22.4 Å². The molecule has 0 aliphatic heterocycles. The molecule has 0 spiro atoms. The maximum Gasteiger partial charge on any atom is 0.258 e. The van der Waals surface area contributed by atoms with Gasteiger partial charge in [-0.2, -0.15) is 0 Å². The summed E-state index contributed by atoms with van der Waals surface area (Å²) in [4.78, 5) is 26.9. The number of nitrogens with one attached hydrogen (secondary N) is 1. The van der Waals surface area contributed by atoms with Crippen LogP contribution in [-0.4, -0.2) is 32.5 Å². The predicted molar refractivity (Wildman–Crippen MR) is 127 cm³/mol. The molecule has 0 bridgehead atoms. The topological polar surface area (TPSA) is 83.6 Å². The summed E-state index contributed by atoms with van der Waals surface area (Å²) in [6, 6.07) is 19.0. The van der Waals surface area contributed by atoms with E-state index in [1.165, 1.54) is 29.2 Å². The molecule has 0 heterocycles. The van der Waals surface area contributed by atoms with Crippen molar-refractivity contribution in [3.05, 3.63) is 89.7 Å². The Labute approximate surface area is 193 Å². The van der Waals surface area contributed by atoms with Crippen molar-refractivity contribution in [2.24, 2.45) is 0 Å². The highest BCUT2D eigenvalue weighted by molar-refractivity contribution is 7.91. The van der Waals surface area contributed by atoms with Crippen LogP contribution in [0, 0.1) is 5.82 Å². The van der Waals surface area contributed by atoms with E-state index in [4.69, 9.17) is 0 Å². The first-order chi connectivity index (χ1) is 15.7. The van der Waals surface area contributed by atoms with E-state index in [1.54, 1.807) is 31.2 Å². The third-order valence-electron chi connectivity index (χ3n) is 5.15. The number of rotatable bonds is 8. The van der Waals surface area contributed by atoms with Gasteiger partial charge in [-0.15, -0.1) is 0 Å². The summed E-state index contributed by atoms with van der Waals surface area (Å²) in [6.07, 6.45) is -0.0514. The fraction of sp³-hybridized carbons (Fsp3) is 0.200. The van der Waals surface area contributed by atoms with E-state index in [-0.39, 0.29) is 34.2 Å². The van der Waals surface area contributed by atoms with Crippen molar-refractivity contribution in [3.8, 4) is 0 Å². The van der Waals surface area contributed by atoms with Crippen LogP contribution in [0.15, 0.2) is 77.7 Å². The monoisotopic (exact) mass is 468 g/mol. The van der Waals surface area contributed by atoms with Crippen LogP contribution in [0.1, 0.15) is 29.8 Å². The molecule has 0 atom stereocenters. The van der Waals surface area contributed by atoms with Gasteiger partial charge >= 0.3 is 0 Å². The molecular weight excluding hydrogens is 443 g/mol. The van der Waals surface area contributed by atoms with Gasteiger partial charge in [-0.3, -0.25) is 9.59 Å². The number of hydrogen-bond donors (Lipinski definition) is 1. The maximum atomic E-state index is 14.7. The molecule has 3 rings (SSSR count). The Morgan fingerprint density at radius 2 is 1.61 bits per heavy atom. The lowest BCUT2D eigenvalue weighted by atomic mass is 10.1. The molecule has 6 nitrogen and oxygen atoms in total. The van der Waals surface area contributed by atoms with Gasteiger partial charge in [0.2, 0.25) is 5.91 Å². The minimum absolute atomic E-state index is 0.00796. The molecule has 2 amide bonds. The molecule has 0 radical (unpaired) electrons. The standard InChI is InChI=1S/C25H25FN2O4S/c1-3-28(20-8-6-5-7-9-20)25(30)19-12-15-23(22(26)17-19)27-24(29)16-18-10-13-21(14-11-18)33(31,32)4-2/h5-15,17H,3-4,16H2,1-2H3,(H,27,29). The van der Waals surface area contributed by atoms with Gasteiger partial charge in [0.15, 0.2) is 9.84 Å². The molecule has 0 fully saturated rings. The van der Waals surface area contributed by atoms with E-state index in [2.05, 4.69) is 5.32 Å². The van der Waals surface area contributed by atoms with Gasteiger partial charge in [0, 0.05) is 17.8 Å². The molecule has 0 unspecified atom stereocenters. The zero-order valence-electron chi connectivity index (χ0n) is 18.4. The average Bonchev–Trinajstić information content (AvgIpc) is 2.82. The van der Waals surface area contributed by atoms with Crippen LogP contribution in [0.3, 0.4) is 0 Å². The number of nitrogens with zero attached hydrogens (tertiary/aromatic N) is 1. The zero-order valence-corrected chi connectivity index (χ0v) is 19.2. The normalized spacial score (nSPS) is 11.1. The molecule has 8 heteroatoms. The number of amides is 2. The Kier molecular flexibility index (Phi) is 7.60. The highest BCUT2D eigenvalue weighted by Gasteiger charge is 2.18. The Bertz CT molecular complexity index is 1240. The Balaban J connectivity index is 1.69. The highest BCUT2D eigenvalue weighted by Crippen LogP contribution is 2.21. The lowest BCUT2D eigenvalue weighted by molar-refractivity contribution is -0.115. The number of carbonyl (C=O) groups is 2. The van der Waals surface area contributed by atoms with Crippen molar-refractivity contribution in [2.75, 3.05) is 22.5 Å². The van der Waals surface area contributed by atoms with Crippen molar-refractivity contribution in [2.45, 2.75) is 25.2 Å². The minimum atomic E-state index is -3.32. The van der Waals surface area contributed by atoms with E-state index < -0.39 is 21.6 Å². The molecule has 0 saturated carbocycles. The lowest BCUT2D eigenvalue weighted by Crippen LogP contribution is -2.30. The van der Waals surface area contributed by atoms with Crippen molar-refractivity contribution >= 4 is 33.0 Å². The van der Waals surface area contributed by atoms with Crippen LogP contribution in [0.5, 0.6) is 0 Å². The minimum Gasteiger partial charge on any atom is -0.323 e. The molecule has 0 saturated heterocycles.